The lowest BCUT2D eigenvalue weighted by molar-refractivity contribution is 0.0691. The van der Waals surface area contributed by atoms with E-state index in [1.807, 2.05) is 6.26 Å². The Hall–Kier alpha value is -1.12. The fraction of sp³-hybridized carbons (Fsp3) is 0.182. The number of nitrogens with zero attached hydrogens (tertiary/aromatic N) is 2. The van der Waals surface area contributed by atoms with Crippen LogP contribution in [-0.4, -0.2) is 27.5 Å². The third-order valence-corrected chi connectivity index (χ3v) is 5.30. The summed E-state index contributed by atoms with van der Waals surface area (Å²) in [7, 11) is 0. The smallest absolute Gasteiger partial charge is 0.338 e. The number of halogens is 1. The van der Waals surface area contributed by atoms with Gasteiger partial charge in [0.2, 0.25) is 0 Å². The molecular formula is C11H9FN2O2S3. The van der Waals surface area contributed by atoms with Crippen molar-refractivity contribution in [3.05, 3.63) is 35.1 Å². The Labute approximate surface area is 121 Å². The van der Waals surface area contributed by atoms with E-state index in [0.717, 1.165) is 8.68 Å². The first-order valence-electron chi connectivity index (χ1n) is 5.12. The van der Waals surface area contributed by atoms with Crippen LogP contribution in [0.3, 0.4) is 0 Å². The minimum absolute atomic E-state index is 0.305. The molecule has 0 saturated heterocycles. The Morgan fingerprint density at radius 3 is 2.79 bits per heavy atom. The van der Waals surface area contributed by atoms with Crippen LogP contribution in [0.1, 0.15) is 15.9 Å². The summed E-state index contributed by atoms with van der Waals surface area (Å²) >= 11 is 4.28. The van der Waals surface area contributed by atoms with Crippen LogP contribution in [0.4, 0.5) is 4.39 Å². The lowest BCUT2D eigenvalue weighted by Crippen LogP contribution is -2.02. The van der Waals surface area contributed by atoms with Crippen molar-refractivity contribution in [2.75, 3.05) is 6.26 Å². The molecule has 1 aromatic carbocycles. The number of rotatable bonds is 5. The molecule has 19 heavy (non-hydrogen) atoms. The highest BCUT2D eigenvalue weighted by Crippen LogP contribution is 2.30. The quantitative estimate of drug-likeness (QED) is 0.853. The highest BCUT2D eigenvalue weighted by Gasteiger charge is 2.14. The topological polar surface area (TPSA) is 63.1 Å². The molecule has 1 aromatic heterocycles. The van der Waals surface area contributed by atoms with Gasteiger partial charge in [0.1, 0.15) is 5.82 Å². The summed E-state index contributed by atoms with van der Waals surface area (Å²) in [6.07, 6.45) is 1.91. The number of hydrogen-bond acceptors (Lipinski definition) is 6. The maximum Gasteiger partial charge on any atom is 0.338 e. The molecule has 8 heteroatoms. The monoisotopic (exact) mass is 316 g/mol. The predicted molar refractivity (Wildman–Crippen MR) is 74.6 cm³/mol. The molecule has 0 aliphatic carbocycles. The summed E-state index contributed by atoms with van der Waals surface area (Å²) in [4.78, 5) is 10.8. The van der Waals surface area contributed by atoms with Crippen LogP contribution >= 0.6 is 34.9 Å². The summed E-state index contributed by atoms with van der Waals surface area (Å²) in [6, 6.07) is 4.36. The number of aromatic carboxylic acids is 1. The van der Waals surface area contributed by atoms with Gasteiger partial charge in [-0.15, -0.1) is 10.2 Å². The lowest BCUT2D eigenvalue weighted by Gasteiger charge is -2.03. The summed E-state index contributed by atoms with van der Waals surface area (Å²) in [5.41, 5.74) is 0.0472. The minimum Gasteiger partial charge on any atom is -0.478 e. The first kappa shape index (κ1) is 14.3. The van der Waals surface area contributed by atoms with Gasteiger partial charge in [0.05, 0.1) is 5.56 Å². The Balaban J connectivity index is 2.11. The molecule has 0 amide bonds. The van der Waals surface area contributed by atoms with Gasteiger partial charge >= 0.3 is 5.97 Å². The van der Waals surface area contributed by atoms with E-state index in [2.05, 4.69) is 10.2 Å². The van der Waals surface area contributed by atoms with Crippen LogP contribution in [-0.2, 0) is 5.75 Å². The van der Waals surface area contributed by atoms with Gasteiger partial charge in [-0.25, -0.2) is 9.18 Å². The second kappa shape index (κ2) is 6.36. The van der Waals surface area contributed by atoms with Crippen molar-refractivity contribution in [3.8, 4) is 0 Å². The molecule has 0 radical (unpaired) electrons. The molecule has 0 spiro atoms. The minimum atomic E-state index is -1.26. The van der Waals surface area contributed by atoms with Gasteiger partial charge in [-0.2, -0.15) is 0 Å². The fourth-order valence-corrected chi connectivity index (χ4v) is 3.75. The largest absolute Gasteiger partial charge is 0.478 e. The van der Waals surface area contributed by atoms with Crippen LogP contribution in [0.2, 0.25) is 0 Å². The van der Waals surface area contributed by atoms with Crippen molar-refractivity contribution in [1.29, 1.82) is 0 Å². The Bertz CT molecular complexity index is 603. The number of benzene rings is 1. The first-order chi connectivity index (χ1) is 9.11. The second-order valence-electron chi connectivity index (χ2n) is 3.41. The Morgan fingerprint density at radius 1 is 1.42 bits per heavy atom. The number of carbonyl (C=O) groups is 1. The molecule has 1 heterocycles. The van der Waals surface area contributed by atoms with Gasteiger partial charge < -0.3 is 5.11 Å². The maximum atomic E-state index is 13.9. The fourth-order valence-electron chi connectivity index (χ4n) is 1.33. The van der Waals surface area contributed by atoms with Crippen molar-refractivity contribution >= 4 is 40.8 Å². The zero-order valence-corrected chi connectivity index (χ0v) is 12.2. The summed E-state index contributed by atoms with van der Waals surface area (Å²) in [5, 5.41) is 16.7. The summed E-state index contributed by atoms with van der Waals surface area (Å²) in [5.74, 6) is -1.61. The van der Waals surface area contributed by atoms with Gasteiger partial charge in [0.25, 0.3) is 0 Å². The number of hydrogen-bond donors (Lipinski definition) is 1. The van der Waals surface area contributed by atoms with Gasteiger partial charge in [-0.1, -0.05) is 47.0 Å². The van der Waals surface area contributed by atoms with E-state index in [4.69, 9.17) is 5.11 Å². The summed E-state index contributed by atoms with van der Waals surface area (Å²) < 4.78 is 15.5. The number of thioether (sulfide) groups is 2. The van der Waals surface area contributed by atoms with Crippen LogP contribution in [0.5, 0.6) is 0 Å². The molecular weight excluding hydrogens is 307 g/mol. The Morgan fingerprint density at radius 2 is 2.16 bits per heavy atom. The molecule has 1 N–H and O–H groups in total. The molecule has 0 saturated carbocycles. The number of aromatic nitrogens is 2. The number of carboxylic acid groups (broad SMARTS) is 1. The molecule has 2 aromatic rings. The van der Waals surface area contributed by atoms with Crippen molar-refractivity contribution in [3.63, 3.8) is 0 Å². The average molecular weight is 316 g/mol. The molecule has 0 aliphatic rings. The van der Waals surface area contributed by atoms with Gasteiger partial charge in [-0.05, 0) is 17.9 Å². The molecule has 100 valence electrons. The van der Waals surface area contributed by atoms with E-state index < -0.39 is 11.8 Å². The molecule has 0 fully saturated rings. The van der Waals surface area contributed by atoms with Crippen molar-refractivity contribution < 1.29 is 14.3 Å². The van der Waals surface area contributed by atoms with Gasteiger partial charge in [-0.3, -0.25) is 0 Å². The maximum absolute atomic E-state index is 13.9. The van der Waals surface area contributed by atoms with Crippen LogP contribution in [0.15, 0.2) is 26.9 Å². The van der Waals surface area contributed by atoms with Crippen molar-refractivity contribution in [2.45, 2.75) is 14.4 Å². The highest BCUT2D eigenvalue weighted by molar-refractivity contribution is 8.02. The number of carboxylic acids is 1. The molecule has 0 unspecified atom stereocenters. The van der Waals surface area contributed by atoms with E-state index in [1.54, 1.807) is 6.07 Å². The van der Waals surface area contributed by atoms with Crippen LogP contribution < -0.4 is 0 Å². The van der Waals surface area contributed by atoms with E-state index in [9.17, 15) is 9.18 Å². The third kappa shape index (κ3) is 3.46. The molecule has 4 nitrogen and oxygen atoms in total. The zero-order chi connectivity index (χ0) is 13.8. The average Bonchev–Trinajstić information content (AvgIpc) is 2.85. The highest BCUT2D eigenvalue weighted by atomic mass is 32.2. The van der Waals surface area contributed by atoms with Crippen LogP contribution in [0, 0.1) is 5.82 Å². The second-order valence-corrected chi connectivity index (χ2v) is 6.66. The van der Waals surface area contributed by atoms with E-state index in [0.29, 0.717) is 11.3 Å². The van der Waals surface area contributed by atoms with E-state index in [1.165, 1.54) is 47.0 Å². The molecule has 0 atom stereocenters. The van der Waals surface area contributed by atoms with E-state index in [-0.39, 0.29) is 5.56 Å². The molecule has 0 aliphatic heterocycles. The lowest BCUT2D eigenvalue weighted by atomic mass is 10.1. The SMILES string of the molecule is CSc1nnc(SCc2cccc(C(=O)O)c2F)s1. The van der Waals surface area contributed by atoms with Crippen molar-refractivity contribution in [1.82, 2.24) is 10.2 Å². The molecule has 2 rings (SSSR count). The standard InChI is InChI=1S/C11H9FN2O2S3/c1-17-10-13-14-11(19-10)18-5-6-3-2-4-7(8(6)12)9(15)16/h2-4H,5H2,1H3,(H,15,16). The summed E-state index contributed by atoms with van der Waals surface area (Å²) in [6.45, 7) is 0. The van der Waals surface area contributed by atoms with Crippen LogP contribution in [0.25, 0.3) is 0 Å². The van der Waals surface area contributed by atoms with Gasteiger partial charge in [0.15, 0.2) is 8.68 Å². The third-order valence-electron chi connectivity index (χ3n) is 2.22. The predicted octanol–water partition coefficient (Wildman–Crippen LogP) is 3.39. The van der Waals surface area contributed by atoms with Gasteiger partial charge in [0, 0.05) is 5.75 Å². The normalized spacial score (nSPS) is 10.6. The Kier molecular flexibility index (Phi) is 4.78. The molecule has 0 bridgehead atoms. The first-order valence-corrected chi connectivity index (χ1v) is 8.15. The van der Waals surface area contributed by atoms with Crippen molar-refractivity contribution in [2.24, 2.45) is 0 Å². The zero-order valence-electron chi connectivity index (χ0n) is 9.79. The van der Waals surface area contributed by atoms with E-state index >= 15 is 0 Å².